The number of unbranched alkanes of at least 4 members (excludes halogenated alkanes) is 2. The number of carboxylic acids is 1. The summed E-state index contributed by atoms with van der Waals surface area (Å²) in [6, 6.07) is 6.99. The molecule has 1 aromatic carbocycles. The lowest BCUT2D eigenvalue weighted by Gasteiger charge is -2.07. The molecule has 7 N–H and O–H groups in total. The topological polar surface area (TPSA) is 164 Å². The highest BCUT2D eigenvalue weighted by molar-refractivity contribution is 5.84. The van der Waals surface area contributed by atoms with Crippen molar-refractivity contribution in [2.45, 2.75) is 39.2 Å². The number of rotatable bonds is 10. The Bertz CT molecular complexity index is 669. The Kier molecular flexibility index (Phi) is 9.76. The minimum absolute atomic E-state index is 0.103. The number of benzene rings is 1. The van der Waals surface area contributed by atoms with Gasteiger partial charge in [-0.05, 0) is 37.5 Å². The second-order valence-electron chi connectivity index (χ2n) is 5.74. The van der Waals surface area contributed by atoms with Gasteiger partial charge in [0.05, 0.1) is 5.69 Å². The molecule has 10 nitrogen and oxygen atoms in total. The second-order valence-corrected chi connectivity index (χ2v) is 5.74. The maximum absolute atomic E-state index is 11.6. The van der Waals surface area contributed by atoms with Crippen LogP contribution in [0.5, 0.6) is 0 Å². The van der Waals surface area contributed by atoms with E-state index >= 15 is 0 Å². The molecular weight excluding hydrogens is 352 g/mol. The zero-order chi connectivity index (χ0) is 20.1. The molecule has 0 bridgehead atoms. The molecule has 0 aliphatic heterocycles. The number of hydrazone groups is 1. The molecule has 0 spiro atoms. The van der Waals surface area contributed by atoms with Gasteiger partial charge >= 0.3 is 12.1 Å². The van der Waals surface area contributed by atoms with Gasteiger partial charge in [-0.25, -0.2) is 15.2 Å². The average molecular weight is 378 g/mol. The molecular formula is C17H26N6O4. The van der Waals surface area contributed by atoms with Gasteiger partial charge in [0.1, 0.15) is 12.4 Å². The van der Waals surface area contributed by atoms with Gasteiger partial charge in [0.2, 0.25) is 5.96 Å². The Morgan fingerprint density at radius 3 is 2.48 bits per heavy atom. The molecule has 0 saturated carbocycles. The minimum atomic E-state index is -0.808. The van der Waals surface area contributed by atoms with Crippen LogP contribution in [0.4, 0.5) is 10.5 Å². The fourth-order valence-electron chi connectivity index (χ4n) is 1.94. The number of nitrogens with one attached hydrogen (secondary N) is 2. The van der Waals surface area contributed by atoms with Crippen LogP contribution in [-0.2, 0) is 16.1 Å². The normalized spacial score (nSPS) is 11.7. The third kappa shape index (κ3) is 11.0. The number of ether oxygens (including phenoxy) is 1. The van der Waals surface area contributed by atoms with Crippen LogP contribution in [0.3, 0.4) is 0 Å². The monoisotopic (exact) mass is 378 g/mol. The van der Waals surface area contributed by atoms with Gasteiger partial charge in [0, 0.05) is 13.0 Å². The van der Waals surface area contributed by atoms with E-state index in [1.807, 2.05) is 0 Å². The Hall–Kier alpha value is -3.30. The molecule has 0 unspecified atom stereocenters. The van der Waals surface area contributed by atoms with Gasteiger partial charge in [0.25, 0.3) is 0 Å². The lowest BCUT2D eigenvalue weighted by atomic mass is 10.2. The molecule has 27 heavy (non-hydrogen) atoms. The maximum atomic E-state index is 11.6. The van der Waals surface area contributed by atoms with Crippen LogP contribution >= 0.6 is 0 Å². The summed E-state index contributed by atoms with van der Waals surface area (Å²) in [5.74, 6) is -0.372. The van der Waals surface area contributed by atoms with Crippen molar-refractivity contribution < 1.29 is 19.4 Å². The maximum Gasteiger partial charge on any atom is 0.407 e. The summed E-state index contributed by atoms with van der Waals surface area (Å²) in [6.07, 6.45) is 1.67. The number of guanidine groups is 1. The Balaban J connectivity index is 2.29. The molecule has 0 atom stereocenters. The van der Waals surface area contributed by atoms with E-state index in [4.69, 9.17) is 21.3 Å². The molecule has 1 amide bonds. The predicted molar refractivity (Wildman–Crippen MR) is 102 cm³/mol. The number of hydrogen-bond acceptors (Lipinski definition) is 5. The van der Waals surface area contributed by atoms with Gasteiger partial charge in [-0.1, -0.05) is 18.6 Å². The fourth-order valence-corrected chi connectivity index (χ4v) is 1.94. The van der Waals surface area contributed by atoms with Crippen LogP contribution < -0.4 is 22.2 Å². The molecule has 0 saturated heterocycles. The third-order valence-electron chi connectivity index (χ3n) is 3.24. The number of aliphatic carboxylic acids is 1. The molecule has 0 heterocycles. The molecule has 0 fully saturated rings. The standard InChI is InChI=1S/C17H26N6O4/c1-12(18)22-23-16(19)21-14-8-6-13(7-9-14)11-27-17(26)20-10-4-2-3-5-15(24)25/h6-9H,2-5,10-11H2,1H3,(H2,18,22)(H,20,26)(H,24,25)(H3,19,21,23). The number of aliphatic imine (C=N–C) groups is 1. The van der Waals surface area contributed by atoms with Gasteiger partial charge in [0.15, 0.2) is 0 Å². The number of nitrogens with zero attached hydrogens (tertiary/aromatic N) is 2. The summed E-state index contributed by atoms with van der Waals surface area (Å²) in [4.78, 5) is 26.1. The van der Waals surface area contributed by atoms with Crippen molar-refractivity contribution in [1.82, 2.24) is 10.7 Å². The predicted octanol–water partition coefficient (Wildman–Crippen LogP) is 1.39. The van der Waals surface area contributed by atoms with E-state index in [1.165, 1.54) is 0 Å². The fraction of sp³-hybridized carbons (Fsp3) is 0.412. The van der Waals surface area contributed by atoms with Gasteiger partial charge < -0.3 is 26.6 Å². The number of carbonyl (C=O) groups is 2. The van der Waals surface area contributed by atoms with E-state index in [9.17, 15) is 9.59 Å². The number of nitrogens with two attached hydrogens (primary N) is 2. The van der Waals surface area contributed by atoms with Crippen molar-refractivity contribution in [2.24, 2.45) is 21.6 Å². The molecule has 10 heteroatoms. The first kappa shape index (κ1) is 21.7. The van der Waals surface area contributed by atoms with E-state index in [-0.39, 0.29) is 19.0 Å². The van der Waals surface area contributed by atoms with E-state index in [0.29, 0.717) is 30.9 Å². The van der Waals surface area contributed by atoms with Crippen molar-refractivity contribution in [1.29, 1.82) is 0 Å². The molecule has 0 aliphatic carbocycles. The highest BCUT2D eigenvalue weighted by Crippen LogP contribution is 2.13. The van der Waals surface area contributed by atoms with E-state index in [2.05, 4.69) is 20.8 Å². The summed E-state index contributed by atoms with van der Waals surface area (Å²) in [6.45, 7) is 2.19. The Labute approximate surface area is 157 Å². The van der Waals surface area contributed by atoms with Gasteiger partial charge in [-0.15, -0.1) is 0 Å². The Morgan fingerprint density at radius 1 is 1.15 bits per heavy atom. The Morgan fingerprint density at radius 2 is 1.85 bits per heavy atom. The zero-order valence-corrected chi connectivity index (χ0v) is 15.3. The summed E-state index contributed by atoms with van der Waals surface area (Å²) >= 11 is 0. The first-order valence-electron chi connectivity index (χ1n) is 8.48. The number of alkyl carbamates (subject to hydrolysis) is 1. The number of amides is 1. The van der Waals surface area contributed by atoms with Crippen LogP contribution in [-0.4, -0.2) is 35.5 Å². The summed E-state index contributed by atoms with van der Waals surface area (Å²) < 4.78 is 5.11. The van der Waals surface area contributed by atoms with Crippen molar-refractivity contribution in [2.75, 3.05) is 6.54 Å². The van der Waals surface area contributed by atoms with E-state index in [0.717, 1.165) is 12.0 Å². The molecule has 1 aromatic rings. The smallest absolute Gasteiger partial charge is 0.407 e. The molecule has 0 aromatic heterocycles. The van der Waals surface area contributed by atoms with Crippen LogP contribution in [0, 0.1) is 0 Å². The van der Waals surface area contributed by atoms with Crippen molar-refractivity contribution in [3.05, 3.63) is 29.8 Å². The lowest BCUT2D eigenvalue weighted by Crippen LogP contribution is -2.28. The van der Waals surface area contributed by atoms with Crippen molar-refractivity contribution in [3.8, 4) is 0 Å². The molecule has 0 radical (unpaired) electrons. The SMILES string of the molecule is C/C(N)=N/NC(N)=Nc1ccc(COC(=O)NCCCCCC(=O)O)cc1. The molecule has 0 aliphatic rings. The van der Waals surface area contributed by atoms with Crippen molar-refractivity contribution >= 4 is 29.5 Å². The number of amidine groups is 1. The highest BCUT2D eigenvalue weighted by Gasteiger charge is 2.03. The zero-order valence-electron chi connectivity index (χ0n) is 15.3. The van der Waals surface area contributed by atoms with Crippen LogP contribution in [0.2, 0.25) is 0 Å². The number of carbonyl (C=O) groups excluding carboxylic acids is 1. The van der Waals surface area contributed by atoms with Crippen molar-refractivity contribution in [3.63, 3.8) is 0 Å². The second kappa shape index (κ2) is 12.1. The summed E-state index contributed by atoms with van der Waals surface area (Å²) in [5.41, 5.74) is 15.0. The summed E-state index contributed by atoms with van der Waals surface area (Å²) in [7, 11) is 0. The third-order valence-corrected chi connectivity index (χ3v) is 3.24. The largest absolute Gasteiger partial charge is 0.481 e. The minimum Gasteiger partial charge on any atom is -0.481 e. The lowest BCUT2D eigenvalue weighted by molar-refractivity contribution is -0.137. The van der Waals surface area contributed by atoms with E-state index < -0.39 is 12.1 Å². The number of carboxylic acid groups (broad SMARTS) is 1. The highest BCUT2D eigenvalue weighted by atomic mass is 16.5. The van der Waals surface area contributed by atoms with Crippen LogP contribution in [0.1, 0.15) is 38.2 Å². The quantitative estimate of drug-likeness (QED) is 0.178. The van der Waals surface area contributed by atoms with Crippen LogP contribution in [0.25, 0.3) is 0 Å². The molecule has 1 rings (SSSR count). The first-order chi connectivity index (χ1) is 12.9. The summed E-state index contributed by atoms with van der Waals surface area (Å²) in [5, 5.41) is 14.9. The molecule has 148 valence electrons. The van der Waals surface area contributed by atoms with E-state index in [1.54, 1.807) is 31.2 Å². The first-order valence-corrected chi connectivity index (χ1v) is 8.48. The average Bonchev–Trinajstić information content (AvgIpc) is 2.62. The van der Waals surface area contributed by atoms with Gasteiger partial charge in [-0.3, -0.25) is 4.79 Å². The van der Waals surface area contributed by atoms with Crippen LogP contribution in [0.15, 0.2) is 34.4 Å². The number of hydrogen-bond donors (Lipinski definition) is 5. The van der Waals surface area contributed by atoms with Gasteiger partial charge in [-0.2, -0.15) is 5.10 Å².